The quantitative estimate of drug-likeness (QED) is 0.773. The van der Waals surface area contributed by atoms with Crippen molar-refractivity contribution in [2.75, 3.05) is 47.6 Å². The number of phenolic OH excluding ortho intramolecular Hbond substituents is 1. The molecule has 0 saturated carbocycles. The van der Waals surface area contributed by atoms with Gasteiger partial charge in [-0.25, -0.2) is 0 Å². The normalized spacial score (nSPS) is 18.6. The number of thioether (sulfide) groups is 3. The van der Waals surface area contributed by atoms with E-state index in [1.54, 1.807) is 6.20 Å². The minimum atomic E-state index is 0.267. The lowest BCUT2D eigenvalue weighted by molar-refractivity contribution is 0.296. The fraction of sp³-hybridized carbons (Fsp3) is 0.500. The number of halogens is 1. The van der Waals surface area contributed by atoms with Crippen LogP contribution in [0, 0.1) is 0 Å². The van der Waals surface area contributed by atoms with Gasteiger partial charge in [0.25, 0.3) is 0 Å². The highest BCUT2D eigenvalue weighted by Crippen LogP contribution is 2.33. The predicted molar refractivity (Wildman–Crippen MR) is 116 cm³/mol. The van der Waals surface area contributed by atoms with Gasteiger partial charge in [-0.05, 0) is 18.2 Å². The van der Waals surface area contributed by atoms with E-state index in [-0.39, 0.29) is 5.75 Å². The third-order valence-electron chi connectivity index (χ3n) is 4.14. The molecule has 0 atom stereocenters. The van der Waals surface area contributed by atoms with Crippen molar-refractivity contribution in [1.82, 2.24) is 9.88 Å². The molecule has 2 aromatic rings. The summed E-state index contributed by atoms with van der Waals surface area (Å²) in [7, 11) is 0. The van der Waals surface area contributed by atoms with Crippen LogP contribution in [-0.4, -0.2) is 62.6 Å². The molecule has 7 heteroatoms. The summed E-state index contributed by atoms with van der Waals surface area (Å²) in [5, 5.41) is 12.1. The summed E-state index contributed by atoms with van der Waals surface area (Å²) in [5.74, 6) is 7.47. The van der Waals surface area contributed by atoms with Crippen LogP contribution in [0.15, 0.2) is 24.4 Å². The van der Waals surface area contributed by atoms with E-state index in [1.165, 1.54) is 23.0 Å². The maximum atomic E-state index is 10.7. The highest BCUT2D eigenvalue weighted by Gasteiger charge is 2.15. The van der Waals surface area contributed by atoms with Gasteiger partial charge < -0.3 is 5.11 Å². The summed E-state index contributed by atoms with van der Waals surface area (Å²) in [4.78, 5) is 6.74. The van der Waals surface area contributed by atoms with Gasteiger partial charge >= 0.3 is 0 Å². The Labute approximate surface area is 167 Å². The first-order chi connectivity index (χ1) is 12.3. The van der Waals surface area contributed by atoms with Crippen LogP contribution in [0.1, 0.15) is 5.56 Å². The average molecular weight is 415 g/mol. The zero-order valence-electron chi connectivity index (χ0n) is 14.1. The van der Waals surface area contributed by atoms with Gasteiger partial charge in [-0.3, -0.25) is 9.88 Å². The highest BCUT2D eigenvalue weighted by molar-refractivity contribution is 8.04. The molecule has 0 radical (unpaired) electrons. The number of fused-ring (bicyclic) bond motifs is 1. The molecule has 0 spiro atoms. The van der Waals surface area contributed by atoms with Gasteiger partial charge in [0.1, 0.15) is 11.3 Å². The maximum absolute atomic E-state index is 10.7. The molecule has 1 aliphatic heterocycles. The summed E-state index contributed by atoms with van der Waals surface area (Å²) in [6.45, 7) is 2.79. The number of hydrogen-bond acceptors (Lipinski definition) is 6. The number of nitrogens with zero attached hydrogens (tertiary/aromatic N) is 2. The second-order valence-corrected chi connectivity index (χ2v) is 9.96. The molecule has 0 amide bonds. The highest BCUT2D eigenvalue weighted by atomic mass is 35.5. The van der Waals surface area contributed by atoms with E-state index in [2.05, 4.69) is 21.6 Å². The van der Waals surface area contributed by atoms with Crippen LogP contribution in [0.3, 0.4) is 0 Å². The number of aromatic nitrogens is 1. The molecule has 1 aromatic carbocycles. The van der Waals surface area contributed by atoms with Crippen molar-refractivity contribution in [2.24, 2.45) is 0 Å². The van der Waals surface area contributed by atoms with Crippen LogP contribution in [0.4, 0.5) is 0 Å². The number of benzene rings is 1. The van der Waals surface area contributed by atoms with Crippen LogP contribution in [-0.2, 0) is 6.54 Å². The minimum absolute atomic E-state index is 0.267. The SMILES string of the molecule is Oc1c(CN2CCSCCSCCSCC2)cc(Cl)c2cccnc12. The molecule has 136 valence electrons. The zero-order valence-corrected chi connectivity index (χ0v) is 17.3. The second kappa shape index (κ2) is 10.2. The monoisotopic (exact) mass is 414 g/mol. The van der Waals surface area contributed by atoms with Crippen molar-refractivity contribution in [2.45, 2.75) is 6.54 Å². The first kappa shape index (κ1) is 19.5. The minimum Gasteiger partial charge on any atom is -0.505 e. The lowest BCUT2D eigenvalue weighted by Crippen LogP contribution is -2.28. The third-order valence-corrected chi connectivity index (χ3v) is 7.88. The molecule has 2 heterocycles. The van der Waals surface area contributed by atoms with E-state index in [9.17, 15) is 5.11 Å². The van der Waals surface area contributed by atoms with Crippen molar-refractivity contribution in [1.29, 1.82) is 0 Å². The van der Waals surface area contributed by atoms with E-state index in [0.717, 1.165) is 35.5 Å². The van der Waals surface area contributed by atoms with E-state index in [0.29, 0.717) is 17.1 Å². The molecule has 1 aromatic heterocycles. The van der Waals surface area contributed by atoms with E-state index >= 15 is 0 Å². The summed E-state index contributed by atoms with van der Waals surface area (Å²) in [6.07, 6.45) is 1.70. The summed E-state index contributed by atoms with van der Waals surface area (Å²) in [6, 6.07) is 5.64. The molecule has 1 N–H and O–H groups in total. The molecule has 3 rings (SSSR count). The summed E-state index contributed by atoms with van der Waals surface area (Å²) in [5.41, 5.74) is 1.47. The zero-order chi connectivity index (χ0) is 17.5. The van der Waals surface area contributed by atoms with Crippen LogP contribution < -0.4 is 0 Å². The fourth-order valence-corrected chi connectivity index (χ4v) is 6.36. The van der Waals surface area contributed by atoms with Gasteiger partial charge in [0.2, 0.25) is 0 Å². The molecule has 0 unspecified atom stereocenters. The molecule has 3 nitrogen and oxygen atoms in total. The Kier molecular flexibility index (Phi) is 7.92. The van der Waals surface area contributed by atoms with Gasteiger partial charge in [-0.15, -0.1) is 0 Å². The van der Waals surface area contributed by atoms with Crippen LogP contribution >= 0.6 is 46.9 Å². The number of rotatable bonds is 2. The number of pyridine rings is 1. The fourth-order valence-electron chi connectivity index (χ4n) is 2.80. The molecular weight excluding hydrogens is 392 g/mol. The molecular formula is C18H23ClN2OS3. The van der Waals surface area contributed by atoms with Gasteiger partial charge in [-0.1, -0.05) is 11.6 Å². The van der Waals surface area contributed by atoms with Gasteiger partial charge in [0.05, 0.1) is 5.02 Å². The largest absolute Gasteiger partial charge is 0.505 e. The number of phenols is 1. The Hall–Kier alpha value is -0.270. The second-order valence-electron chi connectivity index (χ2n) is 5.88. The Bertz CT molecular complexity index is 689. The molecule has 0 bridgehead atoms. The molecule has 1 aliphatic rings. The van der Waals surface area contributed by atoms with Crippen LogP contribution in [0.25, 0.3) is 10.9 Å². The topological polar surface area (TPSA) is 36.4 Å². The van der Waals surface area contributed by atoms with E-state index in [4.69, 9.17) is 11.6 Å². The standard InChI is InChI=1S/C18H23ClN2OS3/c19-16-12-14(18(22)17-15(16)2-1-3-20-17)13-21-4-6-23-8-10-25-11-9-24-7-5-21/h1-3,12,22H,4-11,13H2. The van der Waals surface area contributed by atoms with Crippen molar-refractivity contribution in [3.63, 3.8) is 0 Å². The van der Waals surface area contributed by atoms with E-state index in [1.807, 2.05) is 41.7 Å². The van der Waals surface area contributed by atoms with E-state index < -0.39 is 0 Å². The number of aromatic hydroxyl groups is 1. The maximum Gasteiger partial charge on any atom is 0.146 e. The first-order valence-electron chi connectivity index (χ1n) is 8.46. The smallest absolute Gasteiger partial charge is 0.146 e. The Morgan fingerprint density at radius 3 is 2.36 bits per heavy atom. The first-order valence-corrected chi connectivity index (χ1v) is 12.3. The summed E-state index contributed by atoms with van der Waals surface area (Å²) >= 11 is 12.5. The summed E-state index contributed by atoms with van der Waals surface area (Å²) < 4.78 is 0. The average Bonchev–Trinajstić information content (AvgIpc) is 2.61. The Balaban J connectivity index is 1.74. The van der Waals surface area contributed by atoms with Crippen molar-refractivity contribution in [3.8, 4) is 5.75 Å². The molecule has 0 aliphatic carbocycles. The van der Waals surface area contributed by atoms with Crippen LogP contribution in [0.2, 0.25) is 5.02 Å². The Morgan fingerprint density at radius 1 is 1.04 bits per heavy atom. The van der Waals surface area contributed by atoms with Crippen molar-refractivity contribution >= 4 is 57.8 Å². The third kappa shape index (κ3) is 5.60. The molecule has 25 heavy (non-hydrogen) atoms. The molecule has 1 fully saturated rings. The lowest BCUT2D eigenvalue weighted by Gasteiger charge is -2.23. The van der Waals surface area contributed by atoms with Gasteiger partial charge in [-0.2, -0.15) is 35.3 Å². The lowest BCUT2D eigenvalue weighted by atomic mass is 10.1. The Morgan fingerprint density at radius 2 is 1.68 bits per heavy atom. The molecule has 1 saturated heterocycles. The van der Waals surface area contributed by atoms with Crippen molar-refractivity contribution < 1.29 is 5.11 Å². The van der Waals surface area contributed by atoms with Crippen LogP contribution in [0.5, 0.6) is 5.75 Å². The van der Waals surface area contributed by atoms with Gasteiger partial charge in [0.15, 0.2) is 0 Å². The number of hydrogen-bond donors (Lipinski definition) is 1. The van der Waals surface area contributed by atoms with Crippen molar-refractivity contribution in [3.05, 3.63) is 35.0 Å². The predicted octanol–water partition coefficient (Wildman–Crippen LogP) is 4.61. The van der Waals surface area contributed by atoms with Gasteiger partial charge in [0, 0.05) is 71.3 Å².